The molecule has 7 nitrogen and oxygen atoms in total. The first-order valence-electron chi connectivity index (χ1n) is 7.48. The van der Waals surface area contributed by atoms with Crippen LogP contribution in [0.5, 0.6) is 6.01 Å². The lowest BCUT2D eigenvalue weighted by Crippen LogP contribution is -2.39. The topological polar surface area (TPSA) is 90.1 Å². The molecule has 0 radical (unpaired) electrons. The second-order valence-corrected chi connectivity index (χ2v) is 5.54. The van der Waals surface area contributed by atoms with Crippen molar-refractivity contribution in [3.8, 4) is 6.01 Å². The largest absolute Gasteiger partial charge is 0.460 e. The van der Waals surface area contributed by atoms with Gasteiger partial charge in [-0.05, 0) is 32.6 Å². The molecule has 0 unspecified atom stereocenters. The summed E-state index contributed by atoms with van der Waals surface area (Å²) in [5.74, 6) is -0.157. The quantitative estimate of drug-likeness (QED) is 0.927. The van der Waals surface area contributed by atoms with Gasteiger partial charge >= 0.3 is 6.01 Å². The van der Waals surface area contributed by atoms with Gasteiger partial charge in [-0.25, -0.2) is 14.4 Å². The SMILES string of the molecule is Cc1oncc1C(=O)NC1CCC(Oc2ncc(F)cn2)CC1. The van der Waals surface area contributed by atoms with E-state index in [1.807, 2.05) is 0 Å². The molecule has 0 atom stereocenters. The van der Waals surface area contributed by atoms with Crippen LogP contribution in [0.3, 0.4) is 0 Å². The Labute approximate surface area is 132 Å². The van der Waals surface area contributed by atoms with Crippen molar-refractivity contribution in [3.05, 3.63) is 35.7 Å². The van der Waals surface area contributed by atoms with Crippen LogP contribution in [0.4, 0.5) is 4.39 Å². The highest BCUT2D eigenvalue weighted by molar-refractivity contribution is 5.94. The number of carbonyl (C=O) groups is 1. The molecule has 0 aromatic carbocycles. The van der Waals surface area contributed by atoms with Crippen LogP contribution in [0.15, 0.2) is 23.1 Å². The average Bonchev–Trinajstić information content (AvgIpc) is 2.98. The van der Waals surface area contributed by atoms with Gasteiger partial charge in [-0.15, -0.1) is 0 Å². The molecule has 2 aromatic rings. The molecule has 2 heterocycles. The maximum atomic E-state index is 12.8. The van der Waals surface area contributed by atoms with Crippen LogP contribution in [0.1, 0.15) is 41.8 Å². The predicted molar refractivity (Wildman–Crippen MR) is 77.4 cm³/mol. The highest BCUT2D eigenvalue weighted by atomic mass is 19.1. The van der Waals surface area contributed by atoms with Crippen molar-refractivity contribution in [3.63, 3.8) is 0 Å². The molecule has 0 bridgehead atoms. The Balaban J connectivity index is 1.48. The predicted octanol–water partition coefficient (Wildman–Crippen LogP) is 2.03. The van der Waals surface area contributed by atoms with E-state index in [2.05, 4.69) is 20.4 Å². The number of nitrogens with one attached hydrogen (secondary N) is 1. The van der Waals surface area contributed by atoms with Crippen molar-refractivity contribution in [1.82, 2.24) is 20.4 Å². The van der Waals surface area contributed by atoms with E-state index in [0.29, 0.717) is 11.3 Å². The number of aryl methyl sites for hydroxylation is 1. The van der Waals surface area contributed by atoms with Gasteiger partial charge in [0.25, 0.3) is 5.91 Å². The Kier molecular flexibility index (Phi) is 4.50. The monoisotopic (exact) mass is 320 g/mol. The first kappa shape index (κ1) is 15.4. The van der Waals surface area contributed by atoms with Crippen molar-refractivity contribution < 1.29 is 18.4 Å². The molecule has 1 amide bonds. The Morgan fingerprint density at radius 2 is 1.96 bits per heavy atom. The third-order valence-corrected chi connectivity index (χ3v) is 3.87. The summed E-state index contributed by atoms with van der Waals surface area (Å²) in [6, 6.07) is 0.268. The summed E-state index contributed by atoms with van der Waals surface area (Å²) in [5.41, 5.74) is 0.461. The number of ether oxygens (including phenoxy) is 1. The van der Waals surface area contributed by atoms with Crippen molar-refractivity contribution in [2.45, 2.75) is 44.8 Å². The van der Waals surface area contributed by atoms with Gasteiger partial charge in [0.2, 0.25) is 0 Å². The zero-order chi connectivity index (χ0) is 16.2. The van der Waals surface area contributed by atoms with E-state index >= 15 is 0 Å². The van der Waals surface area contributed by atoms with Gasteiger partial charge in [-0.3, -0.25) is 4.79 Å². The van der Waals surface area contributed by atoms with Crippen molar-refractivity contribution in [1.29, 1.82) is 0 Å². The molecular formula is C15H17FN4O3. The van der Waals surface area contributed by atoms with Gasteiger partial charge in [-0.2, -0.15) is 0 Å². The minimum atomic E-state index is -0.493. The second kappa shape index (κ2) is 6.72. The third-order valence-electron chi connectivity index (χ3n) is 3.87. The van der Waals surface area contributed by atoms with E-state index in [1.165, 1.54) is 6.20 Å². The minimum absolute atomic E-state index is 0.0223. The van der Waals surface area contributed by atoms with E-state index in [1.54, 1.807) is 6.92 Å². The number of carbonyl (C=O) groups excluding carboxylic acids is 1. The van der Waals surface area contributed by atoms with E-state index in [4.69, 9.17) is 9.26 Å². The van der Waals surface area contributed by atoms with Crippen LogP contribution in [-0.4, -0.2) is 33.2 Å². The number of rotatable bonds is 4. The number of hydrogen-bond donors (Lipinski definition) is 1. The Morgan fingerprint density at radius 1 is 1.26 bits per heavy atom. The molecule has 1 aliphatic rings. The molecule has 3 rings (SSSR count). The lowest BCUT2D eigenvalue weighted by molar-refractivity contribution is 0.0883. The van der Waals surface area contributed by atoms with Crippen molar-refractivity contribution in [2.24, 2.45) is 0 Å². The van der Waals surface area contributed by atoms with Crippen LogP contribution in [0.2, 0.25) is 0 Å². The number of amides is 1. The van der Waals surface area contributed by atoms with Crippen molar-refractivity contribution >= 4 is 5.91 Å². The summed E-state index contributed by atoms with van der Waals surface area (Å²) in [5, 5.41) is 6.58. The smallest absolute Gasteiger partial charge is 0.316 e. The average molecular weight is 320 g/mol. The fourth-order valence-electron chi connectivity index (χ4n) is 2.62. The molecule has 23 heavy (non-hydrogen) atoms. The Morgan fingerprint density at radius 3 is 2.57 bits per heavy atom. The summed E-state index contributed by atoms with van der Waals surface area (Å²) < 4.78 is 23.3. The first-order chi connectivity index (χ1) is 11.1. The van der Waals surface area contributed by atoms with E-state index < -0.39 is 5.82 Å². The van der Waals surface area contributed by atoms with Gasteiger partial charge in [0.05, 0.1) is 18.6 Å². The highest BCUT2D eigenvalue weighted by Gasteiger charge is 2.25. The van der Waals surface area contributed by atoms with Gasteiger partial charge in [-0.1, -0.05) is 5.16 Å². The van der Waals surface area contributed by atoms with Crippen LogP contribution >= 0.6 is 0 Å². The molecule has 0 spiro atoms. The van der Waals surface area contributed by atoms with Crippen LogP contribution in [-0.2, 0) is 0 Å². The summed E-state index contributed by atoms with van der Waals surface area (Å²) in [4.78, 5) is 19.7. The summed E-state index contributed by atoms with van der Waals surface area (Å²) in [6.07, 6.45) is 6.69. The van der Waals surface area contributed by atoms with Gasteiger partial charge in [0.1, 0.15) is 17.4 Å². The minimum Gasteiger partial charge on any atom is -0.460 e. The summed E-state index contributed by atoms with van der Waals surface area (Å²) >= 11 is 0. The standard InChI is InChI=1S/C15H17FN4O3/c1-9-13(8-19-23-9)14(21)20-11-2-4-12(5-3-11)22-15-17-6-10(16)7-18-15/h6-8,11-12H,2-5H2,1H3,(H,20,21). The molecule has 8 heteroatoms. The lowest BCUT2D eigenvalue weighted by Gasteiger charge is -2.28. The molecule has 0 saturated heterocycles. The maximum absolute atomic E-state index is 12.8. The first-order valence-corrected chi connectivity index (χ1v) is 7.48. The molecule has 1 saturated carbocycles. The summed E-state index contributed by atoms with van der Waals surface area (Å²) in [6.45, 7) is 1.70. The number of nitrogens with zero attached hydrogens (tertiary/aromatic N) is 3. The molecule has 0 aliphatic heterocycles. The number of hydrogen-bond acceptors (Lipinski definition) is 6. The normalized spacial score (nSPS) is 21.0. The lowest BCUT2D eigenvalue weighted by atomic mass is 9.93. The Hall–Kier alpha value is -2.51. The van der Waals surface area contributed by atoms with Crippen LogP contribution in [0, 0.1) is 12.7 Å². The molecular weight excluding hydrogens is 303 g/mol. The fourth-order valence-corrected chi connectivity index (χ4v) is 2.62. The fraction of sp³-hybridized carbons (Fsp3) is 0.467. The van der Waals surface area contributed by atoms with E-state index in [0.717, 1.165) is 38.1 Å². The third kappa shape index (κ3) is 3.82. The number of halogens is 1. The highest BCUT2D eigenvalue weighted by Crippen LogP contribution is 2.22. The molecule has 1 fully saturated rings. The van der Waals surface area contributed by atoms with E-state index in [-0.39, 0.29) is 24.1 Å². The Bertz CT molecular complexity index is 666. The molecule has 1 N–H and O–H groups in total. The summed E-state index contributed by atoms with van der Waals surface area (Å²) in [7, 11) is 0. The zero-order valence-corrected chi connectivity index (χ0v) is 12.7. The van der Waals surface area contributed by atoms with E-state index in [9.17, 15) is 9.18 Å². The van der Waals surface area contributed by atoms with Gasteiger partial charge in [0, 0.05) is 6.04 Å². The van der Waals surface area contributed by atoms with Gasteiger partial charge in [0.15, 0.2) is 5.82 Å². The second-order valence-electron chi connectivity index (χ2n) is 5.54. The zero-order valence-electron chi connectivity index (χ0n) is 12.7. The molecule has 1 aliphatic carbocycles. The van der Waals surface area contributed by atoms with Crippen LogP contribution < -0.4 is 10.1 Å². The molecule has 2 aromatic heterocycles. The number of aromatic nitrogens is 3. The molecule has 122 valence electrons. The van der Waals surface area contributed by atoms with Gasteiger partial charge < -0.3 is 14.6 Å². The van der Waals surface area contributed by atoms with Crippen LogP contribution in [0.25, 0.3) is 0 Å². The van der Waals surface area contributed by atoms with Crippen molar-refractivity contribution in [2.75, 3.05) is 0 Å². The maximum Gasteiger partial charge on any atom is 0.316 e.